The van der Waals surface area contributed by atoms with Crippen LogP contribution in [0.15, 0.2) is 0 Å². The van der Waals surface area contributed by atoms with Gasteiger partial charge in [0.2, 0.25) is 29.5 Å². The molecule has 24 heteroatoms. The molecule has 60 heavy (non-hydrogen) atoms. The molecule has 0 saturated heterocycles. The van der Waals surface area contributed by atoms with Gasteiger partial charge in [0, 0.05) is 63.2 Å². The van der Waals surface area contributed by atoms with Crippen LogP contribution in [0, 0.1) is 11.8 Å². The number of carboxylic acid groups (broad SMARTS) is 2. The number of nitrogens with one attached hydrogen (secondary N) is 6. The van der Waals surface area contributed by atoms with E-state index < -0.39 is 80.3 Å². The van der Waals surface area contributed by atoms with Gasteiger partial charge in [0.1, 0.15) is 12.1 Å². The molecular weight excluding hydrogens is 852 g/mol. The zero-order valence-electron chi connectivity index (χ0n) is 34.4. The number of carboxylic acids is 2. The first-order valence-electron chi connectivity index (χ1n) is 20.2. The molecule has 0 aromatic rings. The van der Waals surface area contributed by atoms with Gasteiger partial charge < -0.3 is 46.4 Å². The molecule has 0 bridgehead atoms. The molecule has 1 saturated carbocycles. The van der Waals surface area contributed by atoms with E-state index in [-0.39, 0.29) is 82.5 Å². The number of alkyl carbamates (subject to hydrolysis) is 1. The Bertz CT molecular complexity index is 1420. The summed E-state index contributed by atoms with van der Waals surface area (Å²) in [6.07, 6.45) is 5.37. The predicted octanol–water partition coefficient (Wildman–Crippen LogP) is 2.77. The lowest BCUT2D eigenvalue weighted by Crippen LogP contribution is -2.54. The SMILES string of the molecule is CCC(C)COC(=O)NCCC(=O)NCCC(=O)N[C@@H](CCC(=O)O)C(=O)N[C@@H](CCC(=O)O)C(=O)NCCSSCCC(=O)NOP(=O)(O)OCC1CCCCCCC1. The van der Waals surface area contributed by atoms with Crippen molar-refractivity contribution in [2.45, 2.75) is 122 Å². The van der Waals surface area contributed by atoms with E-state index in [2.05, 4.69) is 31.2 Å². The van der Waals surface area contributed by atoms with E-state index in [0.29, 0.717) is 5.75 Å². The second kappa shape index (κ2) is 32.1. The van der Waals surface area contributed by atoms with E-state index in [0.717, 1.165) is 44.9 Å². The van der Waals surface area contributed by atoms with Gasteiger partial charge in [0.25, 0.3) is 0 Å². The average molecular weight is 915 g/mol. The summed E-state index contributed by atoms with van der Waals surface area (Å²) in [6.45, 7) is 4.13. The highest BCUT2D eigenvalue weighted by Gasteiger charge is 2.28. The molecule has 0 heterocycles. The second-order valence-corrected chi connectivity index (χ2v) is 18.3. The van der Waals surface area contributed by atoms with Gasteiger partial charge in [0.15, 0.2) is 0 Å². The minimum Gasteiger partial charge on any atom is -0.481 e. The van der Waals surface area contributed by atoms with Gasteiger partial charge in [-0.3, -0.25) is 38.1 Å². The molecule has 0 aliphatic heterocycles. The lowest BCUT2D eigenvalue weighted by molar-refractivity contribution is -0.139. The maximum absolute atomic E-state index is 13.2. The Hall–Kier alpha value is -3.63. The maximum Gasteiger partial charge on any atom is 0.493 e. The van der Waals surface area contributed by atoms with Crippen molar-refractivity contribution in [1.82, 2.24) is 32.1 Å². The van der Waals surface area contributed by atoms with Crippen molar-refractivity contribution in [2.24, 2.45) is 11.8 Å². The minimum absolute atomic E-state index is 0.00438. The fraction of sp³-hybridized carbons (Fsp3) is 0.778. The molecule has 0 spiro atoms. The van der Waals surface area contributed by atoms with Crippen LogP contribution in [0.4, 0.5) is 4.79 Å². The molecular formula is C36H63N6O15PS2. The molecule has 0 aromatic carbocycles. The van der Waals surface area contributed by atoms with Gasteiger partial charge >= 0.3 is 25.9 Å². The fourth-order valence-corrected chi connectivity index (χ4v) is 7.93. The minimum atomic E-state index is -4.48. The number of phosphoric ester groups is 1. The maximum atomic E-state index is 13.2. The van der Waals surface area contributed by atoms with E-state index in [1.165, 1.54) is 28.0 Å². The number of rotatable bonds is 31. The fourth-order valence-electron chi connectivity index (χ4n) is 5.37. The van der Waals surface area contributed by atoms with Crippen LogP contribution in [0.2, 0.25) is 0 Å². The molecule has 1 fully saturated rings. The molecule has 6 amide bonds. The van der Waals surface area contributed by atoms with Crippen LogP contribution in [0.5, 0.6) is 0 Å². The van der Waals surface area contributed by atoms with E-state index in [4.69, 9.17) is 9.26 Å². The smallest absolute Gasteiger partial charge is 0.481 e. The molecule has 4 atom stereocenters. The van der Waals surface area contributed by atoms with Gasteiger partial charge in [-0.2, -0.15) is 4.62 Å². The van der Waals surface area contributed by atoms with Crippen LogP contribution >= 0.6 is 29.4 Å². The summed E-state index contributed by atoms with van der Waals surface area (Å²) in [6, 6.07) is -2.75. The molecule has 344 valence electrons. The van der Waals surface area contributed by atoms with E-state index in [1.54, 1.807) is 0 Å². The third-order valence-corrected chi connectivity index (χ3v) is 12.2. The van der Waals surface area contributed by atoms with E-state index in [1.807, 2.05) is 19.3 Å². The molecule has 1 aliphatic carbocycles. The average Bonchev–Trinajstić information content (AvgIpc) is 3.18. The van der Waals surface area contributed by atoms with Crippen molar-refractivity contribution < 1.29 is 71.9 Å². The largest absolute Gasteiger partial charge is 0.493 e. The van der Waals surface area contributed by atoms with Crippen molar-refractivity contribution in [3.8, 4) is 0 Å². The molecule has 1 rings (SSSR count). The first-order chi connectivity index (χ1) is 28.5. The summed E-state index contributed by atoms with van der Waals surface area (Å²) in [4.78, 5) is 107. The van der Waals surface area contributed by atoms with Gasteiger partial charge in [-0.15, -0.1) is 0 Å². The van der Waals surface area contributed by atoms with Crippen LogP contribution in [0.3, 0.4) is 0 Å². The number of amides is 6. The summed E-state index contributed by atoms with van der Waals surface area (Å²) in [5, 5.41) is 30.7. The predicted molar refractivity (Wildman–Crippen MR) is 222 cm³/mol. The van der Waals surface area contributed by atoms with Crippen LogP contribution in [0.25, 0.3) is 0 Å². The van der Waals surface area contributed by atoms with Crippen molar-refractivity contribution >= 4 is 77.0 Å². The Morgan fingerprint density at radius 2 is 1.28 bits per heavy atom. The van der Waals surface area contributed by atoms with Crippen LogP contribution < -0.4 is 32.1 Å². The lowest BCUT2D eigenvalue weighted by Gasteiger charge is -2.23. The normalized spacial score (nSPS) is 15.7. The van der Waals surface area contributed by atoms with Gasteiger partial charge in [0.05, 0.1) is 13.2 Å². The third-order valence-electron chi connectivity index (χ3n) is 9.02. The van der Waals surface area contributed by atoms with Gasteiger partial charge in [-0.05, 0) is 37.5 Å². The molecule has 0 radical (unpaired) electrons. The molecule has 21 nitrogen and oxygen atoms in total. The Morgan fingerprint density at radius 1 is 0.700 bits per heavy atom. The zero-order chi connectivity index (χ0) is 44.8. The number of ether oxygens (including phenoxy) is 1. The Kier molecular flexibility index (Phi) is 29.1. The Morgan fingerprint density at radius 3 is 1.92 bits per heavy atom. The number of aliphatic carboxylic acids is 2. The van der Waals surface area contributed by atoms with E-state index >= 15 is 0 Å². The number of carbonyl (C=O) groups is 8. The Balaban J connectivity index is 2.48. The van der Waals surface area contributed by atoms with Crippen molar-refractivity contribution in [1.29, 1.82) is 0 Å². The summed E-state index contributed by atoms with van der Waals surface area (Å²) in [5.41, 5.74) is 1.94. The summed E-state index contributed by atoms with van der Waals surface area (Å²) in [5.74, 6) is -4.99. The summed E-state index contributed by atoms with van der Waals surface area (Å²) < 4.78 is 26.9. The highest BCUT2D eigenvalue weighted by Crippen LogP contribution is 2.43. The second-order valence-electron chi connectivity index (χ2n) is 14.2. The summed E-state index contributed by atoms with van der Waals surface area (Å²) >= 11 is 0. The number of carbonyl (C=O) groups excluding carboxylic acids is 6. The van der Waals surface area contributed by atoms with Crippen molar-refractivity contribution in [3.63, 3.8) is 0 Å². The van der Waals surface area contributed by atoms with Gasteiger partial charge in [-0.1, -0.05) is 74.0 Å². The number of phosphoric acid groups is 1. The van der Waals surface area contributed by atoms with Gasteiger partial charge in [-0.25, -0.2) is 14.8 Å². The first kappa shape index (κ1) is 54.4. The lowest BCUT2D eigenvalue weighted by atomic mass is 9.92. The molecule has 0 aromatic heterocycles. The first-order valence-corrected chi connectivity index (χ1v) is 24.2. The van der Waals surface area contributed by atoms with Crippen LogP contribution in [-0.2, 0) is 52.0 Å². The number of hydrogen-bond acceptors (Lipinski definition) is 14. The standard InChI is InChI=1S/C36H63N6O15PS2/c1-3-25(2)23-55-36(52)39-19-15-29(43)37-18-16-30(44)40-28(12-14-33(48)49)35(51)41-27(11-13-32(46)47)34(50)38-20-22-60-59-21-17-31(45)42-57-58(53,54)56-24-26-9-7-5-4-6-8-10-26/h25-28H,3-24H2,1-2H3,(H,37,43)(H,38,50)(H,39,52)(H,40,44)(H,41,51)(H,42,45)(H,46,47)(H,48,49)(H,53,54)/t25?,27-,28-/m0/s1. The highest BCUT2D eigenvalue weighted by atomic mass is 33.1. The molecule has 2 unspecified atom stereocenters. The zero-order valence-corrected chi connectivity index (χ0v) is 36.9. The van der Waals surface area contributed by atoms with E-state index in [9.17, 15) is 58.0 Å². The summed E-state index contributed by atoms with van der Waals surface area (Å²) in [7, 11) is -1.91. The molecule has 9 N–H and O–H groups in total. The topological polar surface area (TPSA) is 314 Å². The van der Waals surface area contributed by atoms with Crippen molar-refractivity contribution in [2.75, 3.05) is 44.4 Å². The quantitative estimate of drug-likeness (QED) is 0.0209. The number of hydrogen-bond donors (Lipinski definition) is 9. The Labute approximate surface area is 358 Å². The molecule has 1 aliphatic rings. The highest BCUT2D eigenvalue weighted by molar-refractivity contribution is 8.76. The third kappa shape index (κ3) is 28.8. The van der Waals surface area contributed by atoms with Crippen molar-refractivity contribution in [3.05, 3.63) is 0 Å². The van der Waals surface area contributed by atoms with Crippen LogP contribution in [0.1, 0.15) is 110 Å². The monoisotopic (exact) mass is 914 g/mol. The number of hydroxylamine groups is 1. The van der Waals surface area contributed by atoms with Crippen LogP contribution in [-0.4, -0.2) is 119 Å².